The van der Waals surface area contributed by atoms with Crippen molar-refractivity contribution in [2.24, 2.45) is 5.92 Å². The molecule has 0 amide bonds. The van der Waals surface area contributed by atoms with Crippen molar-refractivity contribution in [3.05, 3.63) is 0 Å². The zero-order valence-corrected chi connectivity index (χ0v) is 11.7. The molecule has 0 aromatic rings. The van der Waals surface area contributed by atoms with E-state index in [9.17, 15) is 24.3 Å². The van der Waals surface area contributed by atoms with E-state index in [1.807, 2.05) is 0 Å². The molecule has 2 N–H and O–H groups in total. The van der Waals surface area contributed by atoms with E-state index in [0.29, 0.717) is 0 Å². The minimum atomic E-state index is -1.38. The minimum absolute atomic E-state index is 0.110. The Hall–Kier alpha value is -2.16. The number of hydrogen-bond donors (Lipinski definition) is 2. The van der Waals surface area contributed by atoms with Gasteiger partial charge in [-0.3, -0.25) is 14.4 Å². The first-order valence-corrected chi connectivity index (χ1v) is 6.09. The Morgan fingerprint density at radius 2 is 1.81 bits per heavy atom. The van der Waals surface area contributed by atoms with Gasteiger partial charge < -0.3 is 24.4 Å². The highest BCUT2D eigenvalue weighted by Crippen LogP contribution is 2.06. The maximum Gasteiger partial charge on any atom is 0.335 e. The quantitative estimate of drug-likeness (QED) is 0.228. The second kappa shape index (κ2) is 9.70. The van der Waals surface area contributed by atoms with Crippen LogP contribution in [-0.4, -0.2) is 60.0 Å². The molecule has 0 radical (unpaired) electrons. The van der Waals surface area contributed by atoms with Crippen molar-refractivity contribution in [2.45, 2.75) is 32.5 Å². The number of rotatable bonds is 10. The Kier molecular flexibility index (Phi) is 8.70. The van der Waals surface area contributed by atoms with E-state index in [-0.39, 0.29) is 19.0 Å². The fourth-order valence-corrected chi connectivity index (χ4v) is 1.13. The number of hydrogen-bond acceptors (Lipinski definition) is 8. The zero-order valence-electron chi connectivity index (χ0n) is 11.7. The lowest BCUT2D eigenvalue weighted by Gasteiger charge is -2.20. The molecule has 0 spiro atoms. The molecule has 0 fully saturated rings. The van der Waals surface area contributed by atoms with Crippen LogP contribution in [0.15, 0.2) is 0 Å². The normalized spacial score (nSPS) is 13.1. The van der Waals surface area contributed by atoms with E-state index in [0.717, 1.165) is 0 Å². The highest BCUT2D eigenvalue weighted by Gasteiger charge is 2.25. The Bertz CT molecular complexity index is 377. The summed E-state index contributed by atoms with van der Waals surface area (Å²) in [4.78, 5) is 43.0. The number of aliphatic carboxylic acids is 1. The van der Waals surface area contributed by atoms with Gasteiger partial charge in [-0.25, -0.2) is 4.79 Å². The Balaban J connectivity index is 4.44. The van der Waals surface area contributed by atoms with E-state index < -0.39 is 43.1 Å². The van der Waals surface area contributed by atoms with Crippen LogP contribution in [0, 0.1) is 5.92 Å². The van der Waals surface area contributed by atoms with Crippen molar-refractivity contribution in [3.8, 4) is 0 Å². The summed E-state index contributed by atoms with van der Waals surface area (Å²) in [5, 5.41) is 17.9. The third-order valence-electron chi connectivity index (χ3n) is 2.23. The zero-order chi connectivity index (χ0) is 16.4. The molecule has 9 heteroatoms. The third kappa shape index (κ3) is 8.58. The van der Waals surface area contributed by atoms with E-state index >= 15 is 0 Å². The van der Waals surface area contributed by atoms with E-state index in [4.69, 9.17) is 9.84 Å². The molecular formula is C12H18O9. The average Bonchev–Trinajstić information content (AvgIpc) is 2.39. The minimum Gasteiger partial charge on any atom is -0.481 e. The summed E-state index contributed by atoms with van der Waals surface area (Å²) in [6.07, 6.45) is -3.35. The number of carboxylic acid groups (broad SMARTS) is 1. The lowest BCUT2D eigenvalue weighted by Crippen LogP contribution is -2.36. The van der Waals surface area contributed by atoms with Crippen LogP contribution in [0.2, 0.25) is 0 Å². The fourth-order valence-electron chi connectivity index (χ4n) is 1.13. The largest absolute Gasteiger partial charge is 0.481 e. The highest BCUT2D eigenvalue weighted by molar-refractivity contribution is 5.90. The third-order valence-corrected chi connectivity index (χ3v) is 2.23. The fraction of sp³-hybridized carbons (Fsp3) is 0.667. The van der Waals surface area contributed by atoms with Gasteiger partial charge in [0, 0.05) is 0 Å². The van der Waals surface area contributed by atoms with Gasteiger partial charge >= 0.3 is 17.9 Å². The summed E-state index contributed by atoms with van der Waals surface area (Å²) >= 11 is 0. The maximum atomic E-state index is 11.5. The monoisotopic (exact) mass is 306 g/mol. The molecule has 21 heavy (non-hydrogen) atoms. The predicted octanol–water partition coefficient (Wildman–Crippen LogP) is -0.894. The SMILES string of the molecule is CC(C)C(O)C(=O)OC(COC=O)COC(=O)CC(=O)O. The number of carbonyl (C=O) groups excluding carboxylic acids is 3. The first-order valence-electron chi connectivity index (χ1n) is 6.09. The van der Waals surface area contributed by atoms with Crippen LogP contribution in [-0.2, 0) is 33.4 Å². The molecular weight excluding hydrogens is 288 g/mol. The smallest absolute Gasteiger partial charge is 0.335 e. The van der Waals surface area contributed by atoms with Crippen LogP contribution in [0.3, 0.4) is 0 Å². The van der Waals surface area contributed by atoms with Crippen molar-refractivity contribution < 1.29 is 43.6 Å². The lowest BCUT2D eigenvalue weighted by atomic mass is 10.1. The molecule has 9 nitrogen and oxygen atoms in total. The Morgan fingerprint density at radius 1 is 1.19 bits per heavy atom. The summed E-state index contributed by atoms with van der Waals surface area (Å²) in [6, 6.07) is 0. The van der Waals surface area contributed by atoms with Gasteiger partial charge in [-0.05, 0) is 5.92 Å². The molecule has 120 valence electrons. The van der Waals surface area contributed by atoms with Crippen LogP contribution in [0.5, 0.6) is 0 Å². The van der Waals surface area contributed by atoms with Crippen LogP contribution < -0.4 is 0 Å². The molecule has 0 heterocycles. The second-order valence-corrected chi connectivity index (χ2v) is 4.43. The van der Waals surface area contributed by atoms with Gasteiger partial charge in [0.25, 0.3) is 6.47 Å². The summed E-state index contributed by atoms with van der Waals surface area (Å²) in [7, 11) is 0. The van der Waals surface area contributed by atoms with Gasteiger partial charge in [-0.15, -0.1) is 0 Å². The number of carbonyl (C=O) groups is 4. The van der Waals surface area contributed by atoms with Crippen LogP contribution >= 0.6 is 0 Å². The van der Waals surface area contributed by atoms with Crippen molar-refractivity contribution in [1.82, 2.24) is 0 Å². The molecule has 0 saturated heterocycles. The van der Waals surface area contributed by atoms with Crippen molar-refractivity contribution in [2.75, 3.05) is 13.2 Å². The molecule has 2 atom stereocenters. The number of aliphatic hydroxyl groups excluding tert-OH is 1. The van der Waals surface area contributed by atoms with Gasteiger partial charge in [-0.2, -0.15) is 0 Å². The van der Waals surface area contributed by atoms with E-state index in [1.165, 1.54) is 0 Å². The average molecular weight is 306 g/mol. The van der Waals surface area contributed by atoms with Crippen molar-refractivity contribution in [1.29, 1.82) is 0 Å². The molecule has 0 aliphatic carbocycles. The van der Waals surface area contributed by atoms with Crippen LogP contribution in [0.1, 0.15) is 20.3 Å². The van der Waals surface area contributed by atoms with Gasteiger partial charge in [0.1, 0.15) is 19.6 Å². The summed E-state index contributed by atoms with van der Waals surface area (Å²) in [5.41, 5.74) is 0. The molecule has 2 unspecified atom stereocenters. The van der Waals surface area contributed by atoms with Crippen LogP contribution in [0.4, 0.5) is 0 Å². The number of carboxylic acids is 1. The highest BCUT2D eigenvalue weighted by atomic mass is 16.6. The Labute approximate surface area is 120 Å². The first kappa shape index (κ1) is 18.8. The Morgan fingerprint density at radius 3 is 2.29 bits per heavy atom. The summed E-state index contributed by atoms with van der Waals surface area (Å²) < 4.78 is 13.8. The van der Waals surface area contributed by atoms with E-state index in [1.54, 1.807) is 13.8 Å². The molecule has 0 aromatic carbocycles. The van der Waals surface area contributed by atoms with Gasteiger partial charge in [0.05, 0.1) is 0 Å². The standard InChI is InChI=1S/C12H18O9/c1-7(2)11(17)12(18)21-8(4-19-6-13)5-20-10(16)3-9(14)15/h6-8,11,17H,3-5H2,1-2H3,(H,14,15). The summed E-state index contributed by atoms with van der Waals surface area (Å²) in [5.74, 6) is -3.74. The van der Waals surface area contributed by atoms with Gasteiger partial charge in [0.2, 0.25) is 0 Å². The number of esters is 2. The molecule has 0 aliphatic heterocycles. The molecule has 0 aliphatic rings. The van der Waals surface area contributed by atoms with Crippen molar-refractivity contribution in [3.63, 3.8) is 0 Å². The topological polar surface area (TPSA) is 136 Å². The molecule has 0 aromatic heterocycles. The predicted molar refractivity (Wildman–Crippen MR) is 66.0 cm³/mol. The van der Waals surface area contributed by atoms with Gasteiger partial charge in [0.15, 0.2) is 12.2 Å². The summed E-state index contributed by atoms with van der Waals surface area (Å²) in [6.45, 7) is 2.42. The van der Waals surface area contributed by atoms with Gasteiger partial charge in [-0.1, -0.05) is 13.8 Å². The lowest BCUT2D eigenvalue weighted by molar-refractivity contribution is -0.173. The molecule has 0 bridgehead atoms. The first-order chi connectivity index (χ1) is 9.77. The van der Waals surface area contributed by atoms with Crippen LogP contribution in [0.25, 0.3) is 0 Å². The maximum absolute atomic E-state index is 11.5. The number of ether oxygens (including phenoxy) is 3. The van der Waals surface area contributed by atoms with Crippen molar-refractivity contribution >= 4 is 24.4 Å². The second-order valence-electron chi connectivity index (χ2n) is 4.43. The number of aliphatic hydroxyl groups is 1. The van der Waals surface area contributed by atoms with E-state index in [2.05, 4.69) is 9.47 Å². The molecule has 0 rings (SSSR count). The molecule has 0 saturated carbocycles.